The van der Waals surface area contributed by atoms with Gasteiger partial charge in [-0.3, -0.25) is 0 Å². The van der Waals surface area contributed by atoms with Crippen LogP contribution in [0.4, 0.5) is 10.2 Å². The van der Waals surface area contributed by atoms with Gasteiger partial charge in [0.05, 0.1) is 17.8 Å². The summed E-state index contributed by atoms with van der Waals surface area (Å²) in [6.45, 7) is 2.90. The monoisotopic (exact) mass is 367 g/mol. The van der Waals surface area contributed by atoms with Crippen LogP contribution >= 0.6 is 22.9 Å². The first-order chi connectivity index (χ1) is 11.6. The molecule has 1 atom stereocenters. The van der Waals surface area contributed by atoms with Crippen LogP contribution in [0.1, 0.15) is 36.0 Å². The molecular weight excluding hydrogens is 349 g/mol. The lowest BCUT2D eigenvalue weighted by atomic mass is 9.94. The largest absolute Gasteiger partial charge is 0.363 e. The van der Waals surface area contributed by atoms with Crippen molar-refractivity contribution in [3.05, 3.63) is 38.7 Å². The van der Waals surface area contributed by atoms with E-state index in [1.54, 1.807) is 6.20 Å². The van der Waals surface area contributed by atoms with Crippen molar-refractivity contribution in [3.8, 4) is 0 Å². The smallest absolute Gasteiger partial charge is 0.224 e. The summed E-state index contributed by atoms with van der Waals surface area (Å²) >= 11 is 7.57. The van der Waals surface area contributed by atoms with Crippen LogP contribution in [-0.4, -0.2) is 21.5 Å². The summed E-state index contributed by atoms with van der Waals surface area (Å²) in [6.07, 6.45) is 3.73. The van der Waals surface area contributed by atoms with E-state index in [4.69, 9.17) is 17.3 Å². The van der Waals surface area contributed by atoms with Crippen molar-refractivity contribution in [2.24, 2.45) is 11.7 Å². The maximum absolute atomic E-state index is 15.2. The van der Waals surface area contributed by atoms with Crippen molar-refractivity contribution in [2.45, 2.75) is 32.7 Å². The van der Waals surface area contributed by atoms with Crippen LogP contribution in [0.15, 0.2) is 17.2 Å². The molecule has 8 heteroatoms. The topological polar surface area (TPSA) is 76.7 Å². The Kier molecular flexibility index (Phi) is 5.43. The molecule has 5 nitrogen and oxygen atoms in total. The molecule has 0 aliphatic heterocycles. The zero-order valence-corrected chi connectivity index (χ0v) is 14.9. The van der Waals surface area contributed by atoms with E-state index in [1.807, 2.05) is 12.3 Å². The molecule has 2 aromatic rings. The predicted molar refractivity (Wildman–Crippen MR) is 95.7 cm³/mol. The van der Waals surface area contributed by atoms with Gasteiger partial charge in [0.25, 0.3) is 0 Å². The summed E-state index contributed by atoms with van der Waals surface area (Å²) in [5, 5.41) is 6.07. The van der Waals surface area contributed by atoms with E-state index in [0.29, 0.717) is 43.0 Å². The highest BCUT2D eigenvalue weighted by molar-refractivity contribution is 7.09. The summed E-state index contributed by atoms with van der Waals surface area (Å²) in [4.78, 5) is 12.7. The third kappa shape index (κ3) is 3.58. The molecule has 24 heavy (non-hydrogen) atoms. The number of rotatable bonds is 5. The molecule has 3 rings (SSSR count). The van der Waals surface area contributed by atoms with E-state index < -0.39 is 0 Å². The number of hydrogen-bond donors (Lipinski definition) is 2. The molecule has 1 aliphatic rings. The van der Waals surface area contributed by atoms with Crippen LogP contribution in [0.5, 0.6) is 0 Å². The standard InChI is InChI=1S/C16H19ClFN5S/c1-9-2-3-11-13(14(18)10(9)4-5-19)15(23-16(17)22-11)21-8-12-20-6-7-24-12/h6-7,9H,2-5,8,19H2,1H3,(H,21,22,23). The molecule has 0 radical (unpaired) electrons. The Bertz CT molecular complexity index is 747. The minimum absolute atomic E-state index is 0.119. The first-order valence-electron chi connectivity index (χ1n) is 7.87. The Morgan fingerprint density at radius 1 is 1.46 bits per heavy atom. The lowest BCUT2D eigenvalue weighted by Crippen LogP contribution is -2.09. The number of aryl methyl sites for hydroxylation is 1. The van der Waals surface area contributed by atoms with E-state index in [-0.39, 0.29) is 17.0 Å². The maximum atomic E-state index is 15.2. The quantitative estimate of drug-likeness (QED) is 0.786. The fourth-order valence-corrected chi connectivity index (χ4v) is 3.67. The van der Waals surface area contributed by atoms with E-state index in [1.165, 1.54) is 11.3 Å². The van der Waals surface area contributed by atoms with Gasteiger partial charge >= 0.3 is 0 Å². The molecule has 0 aromatic carbocycles. The fraction of sp³-hybridized carbons (Fsp3) is 0.438. The van der Waals surface area contributed by atoms with Gasteiger partial charge in [-0.05, 0) is 48.9 Å². The SMILES string of the molecule is CC1CCc2nc(Cl)nc(NCc3nccs3)c2C(F)=C1CCN. The molecule has 0 amide bonds. The van der Waals surface area contributed by atoms with E-state index in [2.05, 4.69) is 20.3 Å². The van der Waals surface area contributed by atoms with Crippen LogP contribution in [0.25, 0.3) is 5.83 Å². The highest BCUT2D eigenvalue weighted by atomic mass is 35.5. The zero-order valence-electron chi connectivity index (χ0n) is 13.4. The molecular formula is C16H19ClFN5S. The molecule has 0 saturated heterocycles. The first kappa shape index (κ1) is 17.3. The third-order valence-electron chi connectivity index (χ3n) is 4.17. The molecule has 1 aliphatic carbocycles. The van der Waals surface area contributed by atoms with Crippen LogP contribution in [0.2, 0.25) is 5.28 Å². The van der Waals surface area contributed by atoms with Crippen molar-refractivity contribution >= 4 is 34.6 Å². The molecule has 2 heterocycles. The Labute approximate surface area is 149 Å². The Morgan fingerprint density at radius 2 is 2.29 bits per heavy atom. The second-order valence-electron chi connectivity index (χ2n) is 5.76. The summed E-state index contributed by atoms with van der Waals surface area (Å²) in [5.41, 5.74) is 7.47. The van der Waals surface area contributed by atoms with Crippen molar-refractivity contribution in [3.63, 3.8) is 0 Å². The molecule has 0 fully saturated rings. The van der Waals surface area contributed by atoms with Crippen molar-refractivity contribution in [2.75, 3.05) is 11.9 Å². The summed E-state index contributed by atoms with van der Waals surface area (Å²) in [6, 6.07) is 0. The number of nitrogens with two attached hydrogens (primary N) is 1. The highest BCUT2D eigenvalue weighted by Crippen LogP contribution is 2.38. The van der Waals surface area contributed by atoms with Gasteiger partial charge in [0.15, 0.2) is 0 Å². The number of halogens is 2. The van der Waals surface area contributed by atoms with Crippen LogP contribution in [0, 0.1) is 5.92 Å². The Hall–Kier alpha value is -1.57. The molecule has 0 bridgehead atoms. The van der Waals surface area contributed by atoms with Crippen molar-refractivity contribution in [1.82, 2.24) is 15.0 Å². The number of thiazole rings is 1. The molecule has 0 saturated carbocycles. The van der Waals surface area contributed by atoms with E-state index in [0.717, 1.165) is 17.0 Å². The van der Waals surface area contributed by atoms with E-state index in [9.17, 15) is 0 Å². The predicted octanol–water partition coefficient (Wildman–Crippen LogP) is 3.81. The average molecular weight is 368 g/mol. The maximum Gasteiger partial charge on any atom is 0.224 e. The number of fused-ring (bicyclic) bond motifs is 1. The molecule has 128 valence electrons. The van der Waals surface area contributed by atoms with Gasteiger partial charge in [-0.15, -0.1) is 11.3 Å². The first-order valence-corrected chi connectivity index (χ1v) is 9.13. The van der Waals surface area contributed by atoms with E-state index >= 15 is 4.39 Å². The molecule has 2 aromatic heterocycles. The van der Waals surface area contributed by atoms with Gasteiger partial charge in [0.2, 0.25) is 5.28 Å². The molecule has 0 spiro atoms. The average Bonchev–Trinajstić information content (AvgIpc) is 3.04. The summed E-state index contributed by atoms with van der Waals surface area (Å²) in [5.74, 6) is 0.272. The lowest BCUT2D eigenvalue weighted by molar-refractivity contribution is 0.583. The number of anilines is 1. The Morgan fingerprint density at radius 3 is 3.00 bits per heavy atom. The number of aromatic nitrogens is 3. The van der Waals surface area contributed by atoms with Gasteiger partial charge < -0.3 is 11.1 Å². The third-order valence-corrected chi connectivity index (χ3v) is 5.12. The van der Waals surface area contributed by atoms with Gasteiger partial charge in [-0.1, -0.05) is 6.92 Å². The van der Waals surface area contributed by atoms with Crippen LogP contribution in [0.3, 0.4) is 0 Å². The van der Waals surface area contributed by atoms with Crippen molar-refractivity contribution < 1.29 is 4.39 Å². The number of hydrogen-bond acceptors (Lipinski definition) is 6. The van der Waals surface area contributed by atoms with Gasteiger partial charge in [0, 0.05) is 11.6 Å². The zero-order chi connectivity index (χ0) is 17.1. The number of nitrogens with one attached hydrogen (secondary N) is 1. The summed E-state index contributed by atoms with van der Waals surface area (Å²) in [7, 11) is 0. The van der Waals surface area contributed by atoms with Gasteiger partial charge in [0.1, 0.15) is 16.7 Å². The second kappa shape index (κ2) is 7.55. The number of nitrogens with zero attached hydrogens (tertiary/aromatic N) is 3. The Balaban J connectivity index is 2.02. The van der Waals surface area contributed by atoms with Crippen molar-refractivity contribution in [1.29, 1.82) is 0 Å². The van der Waals surface area contributed by atoms with Gasteiger partial charge in [-0.25, -0.2) is 19.3 Å². The fourth-order valence-electron chi connectivity index (χ4n) is 2.93. The van der Waals surface area contributed by atoms with Crippen LogP contribution in [-0.2, 0) is 13.0 Å². The normalized spacial score (nSPS) is 17.6. The molecule has 1 unspecified atom stereocenters. The lowest BCUT2D eigenvalue weighted by Gasteiger charge is -2.15. The highest BCUT2D eigenvalue weighted by Gasteiger charge is 2.27. The van der Waals surface area contributed by atoms with Gasteiger partial charge in [-0.2, -0.15) is 0 Å². The second-order valence-corrected chi connectivity index (χ2v) is 7.08. The minimum Gasteiger partial charge on any atom is -0.363 e. The molecule has 3 N–H and O–H groups in total. The van der Waals surface area contributed by atoms with Crippen LogP contribution < -0.4 is 11.1 Å². The minimum atomic E-state index is -0.265. The summed E-state index contributed by atoms with van der Waals surface area (Å²) < 4.78 is 15.2.